The number of benzene rings is 1. The van der Waals surface area contributed by atoms with E-state index in [1.165, 1.54) is 0 Å². The van der Waals surface area contributed by atoms with Crippen LogP contribution in [0.5, 0.6) is 0 Å². The number of hydrogen-bond donors (Lipinski definition) is 1. The average Bonchev–Trinajstić information content (AvgIpc) is 2.01. The quantitative estimate of drug-likeness (QED) is 0.812. The van der Waals surface area contributed by atoms with E-state index < -0.39 is 6.10 Å². The molecule has 0 aliphatic rings. The maximum atomic E-state index is 9.45. The Morgan fingerprint density at radius 1 is 1.07 bits per heavy atom. The molecule has 0 aliphatic carbocycles. The van der Waals surface area contributed by atoms with Crippen LogP contribution < -0.4 is 0 Å². The van der Waals surface area contributed by atoms with Crippen LogP contribution >= 0.6 is 23.2 Å². The van der Waals surface area contributed by atoms with Gasteiger partial charge < -0.3 is 5.11 Å². The number of rotatable bonds is 2. The molecule has 0 saturated carbocycles. The summed E-state index contributed by atoms with van der Waals surface area (Å²) >= 11 is 12.1. The Balaban J connectivity index is 3.25. The van der Waals surface area contributed by atoms with Crippen molar-refractivity contribution in [1.82, 2.24) is 0 Å². The molecule has 1 unspecified atom stereocenters. The second-order valence-corrected chi connectivity index (χ2v) is 4.54. The van der Waals surface area contributed by atoms with Gasteiger partial charge in [-0.05, 0) is 30.5 Å². The van der Waals surface area contributed by atoms with Crippen LogP contribution in [0.25, 0.3) is 0 Å². The van der Waals surface area contributed by atoms with Gasteiger partial charge in [-0.25, -0.2) is 0 Å². The van der Waals surface area contributed by atoms with Gasteiger partial charge in [-0.3, -0.25) is 0 Å². The van der Waals surface area contributed by atoms with Crippen LogP contribution in [0.2, 0.25) is 10.0 Å². The Morgan fingerprint density at radius 2 is 1.50 bits per heavy atom. The van der Waals surface area contributed by atoms with E-state index in [0.717, 1.165) is 5.56 Å². The Hall–Kier alpha value is -0.240. The lowest BCUT2D eigenvalue weighted by Gasteiger charge is -2.13. The number of aliphatic hydroxyl groups excluding tert-OH is 1. The summed E-state index contributed by atoms with van der Waals surface area (Å²) in [5.41, 5.74) is 1.70. The summed E-state index contributed by atoms with van der Waals surface area (Å²) in [7, 11) is 0. The van der Waals surface area contributed by atoms with Crippen molar-refractivity contribution in [2.24, 2.45) is 0 Å². The Bertz CT molecular complexity index is 309. The van der Waals surface area contributed by atoms with Crippen molar-refractivity contribution in [3.8, 4) is 0 Å². The lowest BCUT2D eigenvalue weighted by Crippen LogP contribution is -1.97. The highest BCUT2D eigenvalue weighted by atomic mass is 35.5. The van der Waals surface area contributed by atoms with E-state index in [-0.39, 0.29) is 0 Å². The smallest absolute Gasteiger partial charge is 0.0791 e. The molecule has 0 aromatic heterocycles. The van der Waals surface area contributed by atoms with E-state index in [1.54, 1.807) is 6.92 Å². The number of halogens is 2. The summed E-state index contributed by atoms with van der Waals surface area (Å²) < 4.78 is 0. The molecule has 0 amide bonds. The third kappa shape index (κ3) is 2.41. The molecule has 0 heterocycles. The normalized spacial score (nSPS) is 13.4. The van der Waals surface area contributed by atoms with Crippen molar-refractivity contribution in [3.63, 3.8) is 0 Å². The fraction of sp³-hybridized carbons (Fsp3) is 0.455. The minimum Gasteiger partial charge on any atom is -0.389 e. The molecule has 1 N–H and O–H groups in total. The van der Waals surface area contributed by atoms with Crippen molar-refractivity contribution < 1.29 is 5.11 Å². The van der Waals surface area contributed by atoms with E-state index in [1.807, 2.05) is 12.1 Å². The highest BCUT2D eigenvalue weighted by Crippen LogP contribution is 2.33. The van der Waals surface area contributed by atoms with E-state index in [0.29, 0.717) is 21.5 Å². The molecule has 1 atom stereocenters. The van der Waals surface area contributed by atoms with Gasteiger partial charge in [-0.15, -0.1) is 0 Å². The van der Waals surface area contributed by atoms with Gasteiger partial charge in [0.2, 0.25) is 0 Å². The first-order chi connectivity index (χ1) is 6.43. The third-order valence-corrected chi connectivity index (χ3v) is 2.81. The Kier molecular flexibility index (Phi) is 3.82. The first-order valence-electron chi connectivity index (χ1n) is 4.60. The van der Waals surface area contributed by atoms with Crippen LogP contribution in [0.3, 0.4) is 0 Å². The zero-order chi connectivity index (χ0) is 10.9. The largest absolute Gasteiger partial charge is 0.389 e. The molecule has 1 nitrogen and oxygen atoms in total. The van der Waals surface area contributed by atoms with Crippen molar-refractivity contribution >= 4 is 23.2 Å². The van der Waals surface area contributed by atoms with Crippen LogP contribution in [-0.2, 0) is 0 Å². The maximum absolute atomic E-state index is 9.45. The molecule has 3 heteroatoms. The maximum Gasteiger partial charge on any atom is 0.0791 e. The lowest BCUT2D eigenvalue weighted by atomic mass is 10.00. The van der Waals surface area contributed by atoms with Gasteiger partial charge in [0.1, 0.15) is 0 Å². The lowest BCUT2D eigenvalue weighted by molar-refractivity contribution is 0.199. The van der Waals surface area contributed by atoms with E-state index >= 15 is 0 Å². The number of aliphatic hydroxyl groups is 1. The summed E-state index contributed by atoms with van der Waals surface area (Å²) in [5, 5.41) is 10.5. The summed E-state index contributed by atoms with van der Waals surface area (Å²) in [6.07, 6.45) is -0.629. The van der Waals surface area contributed by atoms with Gasteiger partial charge >= 0.3 is 0 Å². The molecular weight excluding hydrogens is 219 g/mol. The van der Waals surface area contributed by atoms with Crippen LogP contribution in [0.1, 0.15) is 43.9 Å². The fourth-order valence-corrected chi connectivity index (χ4v) is 2.16. The van der Waals surface area contributed by atoms with Crippen LogP contribution in [0.15, 0.2) is 12.1 Å². The van der Waals surface area contributed by atoms with E-state index in [9.17, 15) is 5.11 Å². The van der Waals surface area contributed by atoms with Crippen molar-refractivity contribution in [2.75, 3.05) is 0 Å². The molecule has 78 valence electrons. The van der Waals surface area contributed by atoms with Gasteiger partial charge in [0, 0.05) is 15.6 Å². The highest BCUT2D eigenvalue weighted by Gasteiger charge is 2.13. The van der Waals surface area contributed by atoms with Gasteiger partial charge in [0.15, 0.2) is 0 Å². The Morgan fingerprint density at radius 3 is 1.79 bits per heavy atom. The van der Waals surface area contributed by atoms with E-state index in [4.69, 9.17) is 23.2 Å². The topological polar surface area (TPSA) is 20.2 Å². The molecule has 0 radical (unpaired) electrons. The monoisotopic (exact) mass is 232 g/mol. The summed E-state index contributed by atoms with van der Waals surface area (Å²) in [5.74, 6) is 0.382. The summed E-state index contributed by atoms with van der Waals surface area (Å²) in [6, 6.07) is 3.72. The van der Waals surface area contributed by atoms with Crippen molar-refractivity contribution in [3.05, 3.63) is 33.3 Å². The highest BCUT2D eigenvalue weighted by molar-refractivity contribution is 6.36. The van der Waals surface area contributed by atoms with E-state index in [2.05, 4.69) is 13.8 Å². The fourth-order valence-electron chi connectivity index (χ4n) is 1.34. The van der Waals surface area contributed by atoms with Gasteiger partial charge in [0.25, 0.3) is 0 Å². The molecule has 1 rings (SSSR count). The predicted molar refractivity (Wildman–Crippen MR) is 61.2 cm³/mol. The first kappa shape index (κ1) is 11.8. The zero-order valence-corrected chi connectivity index (χ0v) is 10.0. The molecule has 0 aliphatic heterocycles. The second kappa shape index (κ2) is 4.52. The standard InChI is InChI=1S/C11H14Cl2O/c1-6(2)8-4-9(12)11(7(3)14)10(13)5-8/h4-7,14H,1-3H3. The van der Waals surface area contributed by atoms with Crippen molar-refractivity contribution in [1.29, 1.82) is 0 Å². The summed E-state index contributed by atoms with van der Waals surface area (Å²) in [6.45, 7) is 5.80. The first-order valence-corrected chi connectivity index (χ1v) is 5.36. The summed E-state index contributed by atoms with van der Waals surface area (Å²) in [4.78, 5) is 0. The van der Waals surface area contributed by atoms with Gasteiger partial charge in [0.05, 0.1) is 6.10 Å². The minimum atomic E-state index is -0.629. The van der Waals surface area contributed by atoms with Crippen LogP contribution in [0.4, 0.5) is 0 Å². The van der Waals surface area contributed by atoms with Crippen molar-refractivity contribution in [2.45, 2.75) is 32.8 Å². The minimum absolute atomic E-state index is 0.382. The number of hydrogen-bond acceptors (Lipinski definition) is 1. The zero-order valence-electron chi connectivity index (χ0n) is 8.51. The van der Waals surface area contributed by atoms with Crippen LogP contribution in [-0.4, -0.2) is 5.11 Å². The molecular formula is C11H14Cl2O. The SMILES string of the molecule is CC(C)c1cc(Cl)c(C(C)O)c(Cl)c1. The third-order valence-electron chi connectivity index (χ3n) is 2.19. The molecule has 14 heavy (non-hydrogen) atoms. The Labute approximate surface area is 94.7 Å². The predicted octanol–water partition coefficient (Wildman–Crippen LogP) is 4.17. The van der Waals surface area contributed by atoms with Gasteiger partial charge in [-0.2, -0.15) is 0 Å². The molecule has 0 saturated heterocycles. The van der Waals surface area contributed by atoms with Gasteiger partial charge in [-0.1, -0.05) is 37.0 Å². The second-order valence-electron chi connectivity index (χ2n) is 3.73. The molecule has 1 aromatic carbocycles. The molecule has 1 aromatic rings. The average molecular weight is 233 g/mol. The molecule has 0 fully saturated rings. The molecule has 0 spiro atoms. The van der Waals surface area contributed by atoms with Crippen LogP contribution in [0, 0.1) is 0 Å². The molecule has 0 bridgehead atoms.